The van der Waals surface area contributed by atoms with Gasteiger partial charge in [0.15, 0.2) is 11.5 Å². The van der Waals surface area contributed by atoms with Gasteiger partial charge in [-0.15, -0.1) is 0 Å². The van der Waals surface area contributed by atoms with Crippen molar-refractivity contribution >= 4 is 12.1 Å². The molecule has 0 fully saturated rings. The first-order valence-electron chi connectivity index (χ1n) is 7.39. The van der Waals surface area contributed by atoms with Crippen molar-refractivity contribution in [3.63, 3.8) is 0 Å². The first kappa shape index (κ1) is 15.1. The number of aryl methyl sites for hydroxylation is 2. The number of nitrogens with one attached hydrogen (secondary N) is 1. The van der Waals surface area contributed by atoms with Crippen molar-refractivity contribution in [1.82, 2.24) is 5.43 Å². The fourth-order valence-electron chi connectivity index (χ4n) is 2.31. The lowest BCUT2D eigenvalue weighted by molar-refractivity contribution is -0.120. The van der Waals surface area contributed by atoms with Gasteiger partial charge in [-0.1, -0.05) is 18.2 Å². The zero-order valence-corrected chi connectivity index (χ0v) is 13.1. The van der Waals surface area contributed by atoms with Gasteiger partial charge in [0.1, 0.15) is 0 Å². The summed E-state index contributed by atoms with van der Waals surface area (Å²) in [4.78, 5) is 11.9. The molecule has 1 amide bonds. The minimum atomic E-state index is -0.148. The van der Waals surface area contributed by atoms with Crippen molar-refractivity contribution in [2.24, 2.45) is 5.10 Å². The highest BCUT2D eigenvalue weighted by Crippen LogP contribution is 2.31. The van der Waals surface area contributed by atoms with E-state index in [1.54, 1.807) is 6.21 Å². The molecule has 1 N–H and O–H groups in total. The molecule has 23 heavy (non-hydrogen) atoms. The van der Waals surface area contributed by atoms with E-state index in [1.807, 2.05) is 43.3 Å². The van der Waals surface area contributed by atoms with Gasteiger partial charge in [0.05, 0.1) is 12.6 Å². The van der Waals surface area contributed by atoms with Crippen LogP contribution in [0.1, 0.15) is 22.3 Å². The van der Waals surface area contributed by atoms with Gasteiger partial charge < -0.3 is 9.47 Å². The average molecular weight is 310 g/mol. The molecule has 0 atom stereocenters. The summed E-state index contributed by atoms with van der Waals surface area (Å²) in [5.74, 6) is 1.27. The molecule has 3 rings (SSSR count). The number of hydrogen-bond donors (Lipinski definition) is 1. The summed E-state index contributed by atoms with van der Waals surface area (Å²) in [6.45, 7) is 4.33. The van der Waals surface area contributed by atoms with Gasteiger partial charge in [-0.2, -0.15) is 5.10 Å². The van der Waals surface area contributed by atoms with Crippen molar-refractivity contribution < 1.29 is 14.3 Å². The molecule has 5 heteroatoms. The molecule has 0 radical (unpaired) electrons. The van der Waals surface area contributed by atoms with Crippen LogP contribution in [0.4, 0.5) is 0 Å². The van der Waals surface area contributed by atoms with Crippen molar-refractivity contribution in [1.29, 1.82) is 0 Å². The molecule has 0 aliphatic carbocycles. The van der Waals surface area contributed by atoms with E-state index >= 15 is 0 Å². The van der Waals surface area contributed by atoms with Gasteiger partial charge >= 0.3 is 0 Å². The lowest BCUT2D eigenvalue weighted by atomic mass is 10.0. The second kappa shape index (κ2) is 6.52. The van der Waals surface area contributed by atoms with Gasteiger partial charge in [-0.05, 0) is 54.3 Å². The van der Waals surface area contributed by atoms with Crippen molar-refractivity contribution in [2.75, 3.05) is 6.79 Å². The number of ether oxygens (including phenoxy) is 2. The van der Waals surface area contributed by atoms with Crippen molar-refractivity contribution in [3.8, 4) is 11.5 Å². The zero-order valence-electron chi connectivity index (χ0n) is 13.1. The first-order valence-corrected chi connectivity index (χ1v) is 7.39. The minimum Gasteiger partial charge on any atom is -0.454 e. The summed E-state index contributed by atoms with van der Waals surface area (Å²) in [7, 11) is 0. The monoisotopic (exact) mass is 310 g/mol. The van der Waals surface area contributed by atoms with E-state index < -0.39 is 0 Å². The first-order chi connectivity index (χ1) is 11.1. The molecule has 1 heterocycles. The van der Waals surface area contributed by atoms with Crippen LogP contribution in [-0.2, 0) is 11.2 Å². The molecule has 0 aromatic heterocycles. The van der Waals surface area contributed by atoms with Crippen LogP contribution < -0.4 is 14.9 Å². The molecule has 0 bridgehead atoms. The maximum absolute atomic E-state index is 11.9. The maximum atomic E-state index is 11.9. The van der Waals surface area contributed by atoms with Crippen LogP contribution in [-0.4, -0.2) is 18.9 Å². The summed E-state index contributed by atoms with van der Waals surface area (Å²) < 4.78 is 10.5. The standard InChI is InChI=1S/C18H18N2O3/c1-12-3-4-14(7-13(12)2)9-18(21)20-19-10-15-5-6-16-17(8-15)23-11-22-16/h3-8,10H,9,11H2,1-2H3,(H,20,21)/b19-10-. The lowest BCUT2D eigenvalue weighted by Crippen LogP contribution is -2.19. The highest BCUT2D eigenvalue weighted by Gasteiger charge is 2.12. The number of nitrogens with zero attached hydrogens (tertiary/aromatic N) is 1. The van der Waals surface area contributed by atoms with Crippen LogP contribution in [0.5, 0.6) is 11.5 Å². The number of rotatable bonds is 4. The number of carbonyl (C=O) groups is 1. The SMILES string of the molecule is Cc1ccc(CC(=O)N/N=C\c2ccc3c(c2)OCO3)cc1C. The fraction of sp³-hybridized carbons (Fsp3) is 0.222. The fourth-order valence-corrected chi connectivity index (χ4v) is 2.31. The molecule has 0 unspecified atom stereocenters. The summed E-state index contributed by atoms with van der Waals surface area (Å²) in [6, 6.07) is 11.5. The van der Waals surface area contributed by atoms with E-state index in [9.17, 15) is 4.79 Å². The van der Waals surface area contributed by atoms with Crippen LogP contribution in [0.25, 0.3) is 0 Å². The van der Waals surface area contributed by atoms with Gasteiger partial charge in [-0.3, -0.25) is 4.79 Å². The Kier molecular flexibility index (Phi) is 4.28. The molecular weight excluding hydrogens is 292 g/mol. The third kappa shape index (κ3) is 3.69. The summed E-state index contributed by atoms with van der Waals surface area (Å²) in [5.41, 5.74) is 6.75. The normalized spacial score (nSPS) is 12.6. The average Bonchev–Trinajstić information content (AvgIpc) is 2.98. The molecule has 2 aromatic carbocycles. The lowest BCUT2D eigenvalue weighted by Gasteiger charge is -2.04. The Morgan fingerprint density at radius 3 is 2.78 bits per heavy atom. The summed E-state index contributed by atoms with van der Waals surface area (Å²) in [5, 5.41) is 3.98. The third-order valence-corrected chi connectivity index (χ3v) is 3.74. The van der Waals surface area contributed by atoms with E-state index in [0.29, 0.717) is 12.2 Å². The number of hydrogen-bond acceptors (Lipinski definition) is 4. The van der Waals surface area contributed by atoms with Gasteiger partial charge in [0.2, 0.25) is 12.7 Å². The summed E-state index contributed by atoms with van der Waals surface area (Å²) >= 11 is 0. The van der Waals surface area contributed by atoms with E-state index in [2.05, 4.69) is 17.5 Å². The minimum absolute atomic E-state index is 0.148. The van der Waals surface area contributed by atoms with Crippen LogP contribution in [0.15, 0.2) is 41.5 Å². The molecule has 2 aromatic rings. The Balaban J connectivity index is 1.57. The molecule has 118 valence electrons. The molecule has 0 saturated carbocycles. The summed E-state index contributed by atoms with van der Waals surface area (Å²) in [6.07, 6.45) is 1.89. The number of fused-ring (bicyclic) bond motifs is 1. The Bertz CT molecular complexity index is 769. The van der Waals surface area contributed by atoms with Gasteiger partial charge in [-0.25, -0.2) is 5.43 Å². The smallest absolute Gasteiger partial charge is 0.244 e. The third-order valence-electron chi connectivity index (χ3n) is 3.74. The van der Waals surface area contributed by atoms with E-state index in [1.165, 1.54) is 11.1 Å². The number of hydrazone groups is 1. The topological polar surface area (TPSA) is 59.9 Å². The Morgan fingerprint density at radius 2 is 1.96 bits per heavy atom. The van der Waals surface area contributed by atoms with Crippen LogP contribution >= 0.6 is 0 Å². The van der Waals surface area contributed by atoms with E-state index in [0.717, 1.165) is 16.9 Å². The number of amides is 1. The Hall–Kier alpha value is -2.82. The number of carbonyl (C=O) groups excluding carboxylic acids is 1. The maximum Gasteiger partial charge on any atom is 0.244 e. The predicted octanol–water partition coefficient (Wildman–Crippen LogP) is 2.72. The molecule has 5 nitrogen and oxygen atoms in total. The van der Waals surface area contributed by atoms with Gasteiger partial charge in [0.25, 0.3) is 0 Å². The zero-order chi connectivity index (χ0) is 16.2. The highest BCUT2D eigenvalue weighted by molar-refractivity contribution is 5.84. The van der Waals surface area contributed by atoms with E-state index in [-0.39, 0.29) is 12.7 Å². The van der Waals surface area contributed by atoms with E-state index in [4.69, 9.17) is 9.47 Å². The molecule has 0 spiro atoms. The predicted molar refractivity (Wildman–Crippen MR) is 87.9 cm³/mol. The Labute approximate surface area is 134 Å². The van der Waals surface area contributed by atoms with Crippen LogP contribution in [0, 0.1) is 13.8 Å². The highest BCUT2D eigenvalue weighted by atomic mass is 16.7. The number of benzene rings is 2. The molecule has 1 aliphatic rings. The largest absolute Gasteiger partial charge is 0.454 e. The molecule has 0 saturated heterocycles. The second-order valence-corrected chi connectivity index (χ2v) is 5.50. The van der Waals surface area contributed by atoms with Gasteiger partial charge in [0, 0.05) is 0 Å². The van der Waals surface area contributed by atoms with Crippen LogP contribution in [0.3, 0.4) is 0 Å². The molecular formula is C18H18N2O3. The second-order valence-electron chi connectivity index (χ2n) is 5.50. The quantitative estimate of drug-likeness (QED) is 0.698. The Morgan fingerprint density at radius 1 is 1.13 bits per heavy atom. The van der Waals surface area contributed by atoms with Crippen LogP contribution in [0.2, 0.25) is 0 Å². The van der Waals surface area contributed by atoms with Crippen molar-refractivity contribution in [2.45, 2.75) is 20.3 Å². The van der Waals surface area contributed by atoms with Crippen molar-refractivity contribution in [3.05, 3.63) is 58.7 Å². The molecule has 1 aliphatic heterocycles.